The summed E-state index contributed by atoms with van der Waals surface area (Å²) >= 11 is 0. The van der Waals surface area contributed by atoms with Crippen molar-refractivity contribution >= 4 is 29.9 Å². The van der Waals surface area contributed by atoms with Crippen LogP contribution < -0.4 is 10.6 Å². The summed E-state index contributed by atoms with van der Waals surface area (Å²) in [6.45, 7) is 9.93. The quantitative estimate of drug-likeness (QED) is 0.447. The van der Waals surface area contributed by atoms with E-state index in [1.807, 2.05) is 16.9 Å². The lowest BCUT2D eigenvalue weighted by Gasteiger charge is -2.23. The van der Waals surface area contributed by atoms with Crippen LogP contribution in [0.15, 0.2) is 47.7 Å². The number of rotatable bonds is 4. The standard InChI is InChI=1S/C17H25N5.HI/c1-5-18-16(21-17(2,3)4)19-13-14-7-9-15(10-8-14)22-12-6-11-20-22;/h6-12H,5,13H2,1-4H3,(H2,18,19,21);1H. The average Bonchev–Trinajstić information content (AvgIpc) is 2.98. The molecule has 23 heavy (non-hydrogen) atoms. The van der Waals surface area contributed by atoms with E-state index in [0.717, 1.165) is 18.2 Å². The zero-order valence-electron chi connectivity index (χ0n) is 14.2. The lowest BCUT2D eigenvalue weighted by Crippen LogP contribution is -2.47. The van der Waals surface area contributed by atoms with Gasteiger partial charge in [-0.15, -0.1) is 24.0 Å². The maximum atomic E-state index is 4.63. The zero-order chi connectivity index (χ0) is 16.0. The van der Waals surface area contributed by atoms with E-state index >= 15 is 0 Å². The van der Waals surface area contributed by atoms with E-state index in [-0.39, 0.29) is 29.5 Å². The van der Waals surface area contributed by atoms with E-state index in [2.05, 4.69) is 72.7 Å². The largest absolute Gasteiger partial charge is 0.357 e. The molecule has 0 aliphatic carbocycles. The van der Waals surface area contributed by atoms with Crippen molar-refractivity contribution in [3.8, 4) is 5.69 Å². The smallest absolute Gasteiger partial charge is 0.191 e. The number of benzene rings is 1. The van der Waals surface area contributed by atoms with Crippen LogP contribution in [0.1, 0.15) is 33.3 Å². The Labute approximate surface area is 155 Å². The molecule has 5 nitrogen and oxygen atoms in total. The van der Waals surface area contributed by atoms with Crippen LogP contribution in [-0.2, 0) is 6.54 Å². The van der Waals surface area contributed by atoms with Crippen molar-refractivity contribution in [2.45, 2.75) is 39.8 Å². The summed E-state index contributed by atoms with van der Waals surface area (Å²) in [4.78, 5) is 4.63. The lowest BCUT2D eigenvalue weighted by molar-refractivity contribution is 0.501. The summed E-state index contributed by atoms with van der Waals surface area (Å²) in [5, 5.41) is 10.9. The third-order valence-corrected chi connectivity index (χ3v) is 2.96. The zero-order valence-corrected chi connectivity index (χ0v) is 16.5. The van der Waals surface area contributed by atoms with Crippen molar-refractivity contribution in [1.82, 2.24) is 20.4 Å². The number of aliphatic imine (C=N–C) groups is 1. The first-order valence-corrected chi connectivity index (χ1v) is 7.63. The topological polar surface area (TPSA) is 54.2 Å². The minimum Gasteiger partial charge on any atom is -0.357 e. The third kappa shape index (κ3) is 6.60. The monoisotopic (exact) mass is 427 g/mol. The van der Waals surface area contributed by atoms with Crippen LogP contribution in [0.25, 0.3) is 5.69 Å². The molecule has 0 amide bonds. The molecule has 2 N–H and O–H groups in total. The molecule has 0 bridgehead atoms. The summed E-state index contributed by atoms with van der Waals surface area (Å²) in [6, 6.07) is 10.2. The highest BCUT2D eigenvalue weighted by Crippen LogP contribution is 2.09. The second-order valence-electron chi connectivity index (χ2n) is 6.19. The Morgan fingerprint density at radius 2 is 1.91 bits per heavy atom. The number of hydrogen-bond donors (Lipinski definition) is 2. The van der Waals surface area contributed by atoms with Crippen molar-refractivity contribution in [2.24, 2.45) is 4.99 Å². The van der Waals surface area contributed by atoms with Crippen molar-refractivity contribution in [1.29, 1.82) is 0 Å². The van der Waals surface area contributed by atoms with Gasteiger partial charge in [0.2, 0.25) is 0 Å². The molecular formula is C17H26IN5. The minimum atomic E-state index is -0.00898. The molecule has 0 spiro atoms. The lowest BCUT2D eigenvalue weighted by atomic mass is 10.1. The van der Waals surface area contributed by atoms with Gasteiger partial charge in [0.25, 0.3) is 0 Å². The fraction of sp³-hybridized carbons (Fsp3) is 0.412. The number of hydrogen-bond acceptors (Lipinski definition) is 2. The first-order chi connectivity index (χ1) is 10.5. The predicted molar refractivity (Wildman–Crippen MR) is 107 cm³/mol. The van der Waals surface area contributed by atoms with E-state index in [4.69, 9.17) is 0 Å². The second kappa shape index (κ2) is 8.90. The van der Waals surface area contributed by atoms with E-state index in [1.54, 1.807) is 6.20 Å². The molecule has 6 heteroatoms. The minimum absolute atomic E-state index is 0. The molecule has 1 aromatic heterocycles. The summed E-state index contributed by atoms with van der Waals surface area (Å²) in [5.74, 6) is 0.839. The number of nitrogens with zero attached hydrogens (tertiary/aromatic N) is 3. The molecule has 0 saturated carbocycles. The summed E-state index contributed by atoms with van der Waals surface area (Å²) in [6.07, 6.45) is 3.71. The number of halogens is 1. The van der Waals surface area contributed by atoms with E-state index in [1.165, 1.54) is 5.56 Å². The van der Waals surface area contributed by atoms with Gasteiger partial charge in [0.15, 0.2) is 5.96 Å². The van der Waals surface area contributed by atoms with E-state index in [0.29, 0.717) is 6.54 Å². The van der Waals surface area contributed by atoms with Gasteiger partial charge in [-0.1, -0.05) is 12.1 Å². The Hall–Kier alpha value is -1.57. The number of guanidine groups is 1. The average molecular weight is 427 g/mol. The van der Waals surface area contributed by atoms with Gasteiger partial charge >= 0.3 is 0 Å². The molecule has 126 valence electrons. The first-order valence-electron chi connectivity index (χ1n) is 7.63. The van der Waals surface area contributed by atoms with Gasteiger partial charge in [-0.05, 0) is 51.5 Å². The van der Waals surface area contributed by atoms with Crippen LogP contribution in [0.5, 0.6) is 0 Å². The van der Waals surface area contributed by atoms with Crippen LogP contribution in [0.3, 0.4) is 0 Å². The maximum Gasteiger partial charge on any atom is 0.191 e. The molecule has 1 aromatic carbocycles. The van der Waals surface area contributed by atoms with Crippen LogP contribution in [0.2, 0.25) is 0 Å². The van der Waals surface area contributed by atoms with Gasteiger partial charge in [-0.2, -0.15) is 5.10 Å². The van der Waals surface area contributed by atoms with Gasteiger partial charge in [0, 0.05) is 24.5 Å². The van der Waals surface area contributed by atoms with E-state index < -0.39 is 0 Å². The van der Waals surface area contributed by atoms with Crippen LogP contribution >= 0.6 is 24.0 Å². The summed E-state index contributed by atoms with van der Waals surface area (Å²) in [7, 11) is 0. The number of aromatic nitrogens is 2. The molecule has 2 aromatic rings. The van der Waals surface area contributed by atoms with Gasteiger partial charge < -0.3 is 10.6 Å². The van der Waals surface area contributed by atoms with Crippen LogP contribution in [0.4, 0.5) is 0 Å². The summed E-state index contributed by atoms with van der Waals surface area (Å²) in [5.41, 5.74) is 2.21. The Bertz CT molecular complexity index is 597. The second-order valence-corrected chi connectivity index (χ2v) is 6.19. The van der Waals surface area contributed by atoms with E-state index in [9.17, 15) is 0 Å². The molecule has 0 unspecified atom stereocenters. The van der Waals surface area contributed by atoms with Crippen molar-refractivity contribution in [2.75, 3.05) is 6.54 Å². The van der Waals surface area contributed by atoms with Crippen molar-refractivity contribution in [3.63, 3.8) is 0 Å². The van der Waals surface area contributed by atoms with Crippen LogP contribution in [0, 0.1) is 0 Å². The molecule has 0 fully saturated rings. The fourth-order valence-corrected chi connectivity index (χ4v) is 2.01. The fourth-order valence-electron chi connectivity index (χ4n) is 2.01. The van der Waals surface area contributed by atoms with Gasteiger partial charge in [0.1, 0.15) is 0 Å². The summed E-state index contributed by atoms with van der Waals surface area (Å²) < 4.78 is 1.85. The molecule has 0 atom stereocenters. The molecule has 2 rings (SSSR count). The highest BCUT2D eigenvalue weighted by Gasteiger charge is 2.11. The number of nitrogens with one attached hydrogen (secondary N) is 2. The molecule has 0 radical (unpaired) electrons. The molecule has 0 saturated heterocycles. The van der Waals surface area contributed by atoms with Crippen LogP contribution in [-0.4, -0.2) is 27.8 Å². The Kier molecular flexibility index (Phi) is 7.54. The van der Waals surface area contributed by atoms with Gasteiger partial charge in [-0.25, -0.2) is 9.67 Å². The molecule has 0 aliphatic rings. The molecular weight excluding hydrogens is 401 g/mol. The van der Waals surface area contributed by atoms with Crippen molar-refractivity contribution < 1.29 is 0 Å². The highest BCUT2D eigenvalue weighted by atomic mass is 127. The highest BCUT2D eigenvalue weighted by molar-refractivity contribution is 14.0. The Balaban J connectivity index is 0.00000264. The van der Waals surface area contributed by atoms with Crippen molar-refractivity contribution in [3.05, 3.63) is 48.3 Å². The molecule has 0 aliphatic heterocycles. The van der Waals surface area contributed by atoms with Gasteiger partial charge in [0.05, 0.1) is 12.2 Å². The molecule has 1 heterocycles. The Morgan fingerprint density at radius 1 is 1.22 bits per heavy atom. The third-order valence-electron chi connectivity index (χ3n) is 2.96. The predicted octanol–water partition coefficient (Wildman–Crippen LogP) is 3.34. The normalized spacial score (nSPS) is 11.7. The SMILES string of the molecule is CCNC(=NCc1ccc(-n2cccn2)cc1)NC(C)(C)C.I. The maximum absolute atomic E-state index is 4.63. The first kappa shape index (κ1) is 19.5. The van der Waals surface area contributed by atoms with Gasteiger partial charge in [-0.3, -0.25) is 0 Å². The Morgan fingerprint density at radius 3 is 2.43 bits per heavy atom.